The zero-order valence-electron chi connectivity index (χ0n) is 30.6. The first-order valence-corrected chi connectivity index (χ1v) is 20.0. The molecule has 0 radical (unpaired) electrons. The van der Waals surface area contributed by atoms with Crippen molar-refractivity contribution in [3.63, 3.8) is 0 Å². The van der Waals surface area contributed by atoms with Gasteiger partial charge in [0, 0.05) is 19.0 Å². The number of aryl methyl sites for hydroxylation is 1. The van der Waals surface area contributed by atoms with Crippen LogP contribution in [0.2, 0.25) is 0 Å². The lowest BCUT2D eigenvalue weighted by molar-refractivity contribution is -0.142. The van der Waals surface area contributed by atoms with Gasteiger partial charge in [-0.2, -0.15) is 0 Å². The third-order valence-corrected chi connectivity index (χ3v) is 13.7. The van der Waals surface area contributed by atoms with Crippen molar-refractivity contribution in [2.75, 3.05) is 32.8 Å². The minimum Gasteiger partial charge on any atom is -0.448 e. The predicted octanol–water partition coefficient (Wildman–Crippen LogP) is 7.40. The highest BCUT2D eigenvalue weighted by atomic mass is 35.5. The number of halogens is 1. The number of benzene rings is 3. The molecule has 6 aliphatic rings. The molecule has 1 unspecified atom stereocenters. The van der Waals surface area contributed by atoms with Crippen LogP contribution in [0.4, 0.5) is 4.79 Å². The molecule has 53 heavy (non-hydrogen) atoms. The van der Waals surface area contributed by atoms with Gasteiger partial charge in [-0.1, -0.05) is 105 Å². The average molecular weight is 737 g/mol. The van der Waals surface area contributed by atoms with Crippen LogP contribution in [-0.4, -0.2) is 72.6 Å². The minimum absolute atomic E-state index is 0. The third-order valence-electron chi connectivity index (χ3n) is 13.7. The van der Waals surface area contributed by atoms with E-state index in [9.17, 15) is 9.59 Å². The van der Waals surface area contributed by atoms with Crippen molar-refractivity contribution in [1.82, 2.24) is 20.4 Å². The zero-order chi connectivity index (χ0) is 35.2. The first-order chi connectivity index (χ1) is 25.5. The summed E-state index contributed by atoms with van der Waals surface area (Å²) in [6, 6.07) is 23.9. The second-order valence-electron chi connectivity index (χ2n) is 16.6. The molecule has 4 fully saturated rings. The number of hydrogen-bond donors (Lipinski definition) is 2. The van der Waals surface area contributed by atoms with E-state index in [0.717, 1.165) is 38.8 Å². The summed E-state index contributed by atoms with van der Waals surface area (Å²) in [7, 11) is 0. The molecule has 3 aromatic rings. The predicted molar refractivity (Wildman–Crippen MR) is 208 cm³/mol. The Morgan fingerprint density at radius 3 is 2.15 bits per heavy atom. The minimum atomic E-state index is -0.638. The van der Waals surface area contributed by atoms with Crippen molar-refractivity contribution in [2.24, 2.45) is 17.3 Å². The summed E-state index contributed by atoms with van der Waals surface area (Å²) in [5, 5.41) is 6.87. The monoisotopic (exact) mass is 736 g/mol. The molecule has 3 saturated heterocycles. The highest BCUT2D eigenvalue weighted by Crippen LogP contribution is 2.47. The van der Waals surface area contributed by atoms with Crippen molar-refractivity contribution < 1.29 is 19.1 Å². The van der Waals surface area contributed by atoms with Crippen LogP contribution in [0.3, 0.4) is 0 Å². The number of nitrogens with one attached hydrogen (secondary N) is 2. The van der Waals surface area contributed by atoms with Crippen molar-refractivity contribution in [3.05, 3.63) is 95.1 Å². The van der Waals surface area contributed by atoms with Crippen LogP contribution in [-0.2, 0) is 20.7 Å². The Hall–Kier alpha value is -3.88. The van der Waals surface area contributed by atoms with Crippen LogP contribution in [0.25, 0.3) is 11.1 Å². The van der Waals surface area contributed by atoms with E-state index in [1.54, 1.807) is 4.90 Å². The van der Waals surface area contributed by atoms with Crippen LogP contribution in [0.1, 0.15) is 98.4 Å². The molecule has 2 N–H and O–H groups in total. The summed E-state index contributed by atoms with van der Waals surface area (Å²) in [4.78, 5) is 47.3. The molecule has 9 heteroatoms. The largest absolute Gasteiger partial charge is 0.448 e. The maximum Gasteiger partial charge on any atom is 0.410 e. The molecule has 4 atom stereocenters. The van der Waals surface area contributed by atoms with Crippen LogP contribution >= 0.6 is 12.4 Å². The van der Waals surface area contributed by atoms with E-state index in [-0.39, 0.29) is 48.2 Å². The molecule has 1 saturated carbocycles. The second kappa shape index (κ2) is 15.1. The van der Waals surface area contributed by atoms with Crippen LogP contribution in [0.5, 0.6) is 0 Å². The lowest BCUT2D eigenvalue weighted by atomic mass is 9.77. The first-order valence-electron chi connectivity index (χ1n) is 20.0. The highest BCUT2D eigenvalue weighted by Gasteiger charge is 2.53. The van der Waals surface area contributed by atoms with Gasteiger partial charge in [-0.3, -0.25) is 14.5 Å². The zero-order valence-corrected chi connectivity index (χ0v) is 31.5. The number of hydrogen-bond acceptors (Lipinski definition) is 5. The molecular weight excluding hydrogens is 684 g/mol. The van der Waals surface area contributed by atoms with Crippen LogP contribution in [0, 0.1) is 17.3 Å². The number of piperidine rings is 1. The van der Waals surface area contributed by atoms with Gasteiger partial charge in [0.1, 0.15) is 18.7 Å². The van der Waals surface area contributed by atoms with E-state index in [4.69, 9.17) is 4.74 Å². The molecule has 280 valence electrons. The molecule has 0 aromatic heterocycles. The molecule has 9 rings (SSSR count). The smallest absolute Gasteiger partial charge is 0.410 e. The summed E-state index contributed by atoms with van der Waals surface area (Å²) in [5.74, 6) is 0.661. The SMILES string of the molecule is Cl.O=C(N[C@@H]1CCc2ccccc21)[C@@H]1C[C@@H](C2CCCCC2)CN1C(=O)C1CC2(CCNCC2)CN1C(=O)OCC1c2ccccc2-c2ccccc21. The fourth-order valence-electron chi connectivity index (χ4n) is 10.9. The van der Waals surface area contributed by atoms with Gasteiger partial charge in [0.2, 0.25) is 11.8 Å². The molecule has 8 nitrogen and oxygen atoms in total. The van der Waals surface area contributed by atoms with E-state index >= 15 is 4.79 Å². The number of carbonyl (C=O) groups excluding carboxylic acids is 3. The summed E-state index contributed by atoms with van der Waals surface area (Å²) in [6.45, 7) is 3.07. The topological polar surface area (TPSA) is 91.0 Å². The van der Waals surface area contributed by atoms with Gasteiger partial charge in [-0.05, 0) is 102 Å². The number of rotatable bonds is 6. The van der Waals surface area contributed by atoms with E-state index in [1.807, 2.05) is 23.1 Å². The van der Waals surface area contributed by atoms with E-state index < -0.39 is 18.2 Å². The Morgan fingerprint density at radius 1 is 0.774 bits per heavy atom. The summed E-state index contributed by atoms with van der Waals surface area (Å²) in [6.07, 6.45) is 10.6. The quantitative estimate of drug-likeness (QED) is 0.275. The molecule has 3 heterocycles. The highest BCUT2D eigenvalue weighted by molar-refractivity contribution is 5.92. The van der Waals surface area contributed by atoms with Crippen molar-refractivity contribution in [3.8, 4) is 11.1 Å². The lowest BCUT2D eigenvalue weighted by Crippen LogP contribution is -2.53. The van der Waals surface area contributed by atoms with Gasteiger partial charge >= 0.3 is 6.09 Å². The molecule has 3 aromatic carbocycles. The van der Waals surface area contributed by atoms with Gasteiger partial charge in [0.15, 0.2) is 0 Å². The van der Waals surface area contributed by atoms with E-state index in [0.29, 0.717) is 37.8 Å². The Labute approximate surface area is 319 Å². The molecule has 3 aliphatic heterocycles. The van der Waals surface area contributed by atoms with Crippen molar-refractivity contribution in [1.29, 1.82) is 0 Å². The molecule has 3 amide bonds. The van der Waals surface area contributed by atoms with Gasteiger partial charge in [-0.15, -0.1) is 12.4 Å². The Morgan fingerprint density at radius 2 is 1.43 bits per heavy atom. The molecule has 0 bridgehead atoms. The van der Waals surface area contributed by atoms with E-state index in [2.05, 4.69) is 65.2 Å². The van der Waals surface area contributed by atoms with Crippen LogP contribution in [0.15, 0.2) is 72.8 Å². The first kappa shape index (κ1) is 36.1. The maximum atomic E-state index is 15.0. The van der Waals surface area contributed by atoms with Gasteiger partial charge in [-0.25, -0.2) is 4.79 Å². The standard InChI is InChI=1S/C44H52N4O4.ClH/c49-41(46-38-19-18-30-12-4-5-13-32(30)38)39-24-31(29-10-2-1-3-11-29)26-47(39)42(50)40-25-44(20-22-45-23-21-44)28-48(40)43(51)52-27-37-35-16-8-6-14-33(35)34-15-7-9-17-36(34)37;/h4-9,12-17,29,31,37-40,45H,1-3,10-11,18-28H2,(H,46,49);1H/t31-,38-,39+,40?;/m1./s1. The number of likely N-dealkylation sites (tertiary alicyclic amines) is 2. The average Bonchev–Trinajstić information content (AvgIpc) is 3.97. The van der Waals surface area contributed by atoms with Gasteiger partial charge in [0.25, 0.3) is 0 Å². The van der Waals surface area contributed by atoms with Gasteiger partial charge in [0.05, 0.1) is 6.04 Å². The third kappa shape index (κ3) is 6.75. The fraction of sp³-hybridized carbons (Fsp3) is 0.523. The van der Waals surface area contributed by atoms with Crippen molar-refractivity contribution in [2.45, 2.75) is 94.7 Å². The number of fused-ring (bicyclic) bond motifs is 4. The summed E-state index contributed by atoms with van der Waals surface area (Å²) in [5.41, 5.74) is 7.08. The summed E-state index contributed by atoms with van der Waals surface area (Å²) >= 11 is 0. The van der Waals surface area contributed by atoms with Gasteiger partial charge < -0.3 is 20.3 Å². The number of amides is 3. The number of nitrogens with zero attached hydrogens (tertiary/aromatic N) is 2. The Kier molecular flexibility index (Phi) is 10.3. The molecule has 3 aliphatic carbocycles. The fourth-order valence-corrected chi connectivity index (χ4v) is 10.9. The van der Waals surface area contributed by atoms with Crippen LogP contribution < -0.4 is 10.6 Å². The molecular formula is C44H53ClN4O4. The second-order valence-corrected chi connectivity index (χ2v) is 16.6. The number of ether oxygens (including phenoxy) is 1. The lowest BCUT2D eigenvalue weighted by Gasteiger charge is -2.33. The Bertz CT molecular complexity index is 1790. The van der Waals surface area contributed by atoms with E-state index in [1.165, 1.54) is 65.5 Å². The Balaban J connectivity index is 0.00000400. The maximum absolute atomic E-state index is 15.0. The summed E-state index contributed by atoms with van der Waals surface area (Å²) < 4.78 is 6.23. The number of carbonyl (C=O) groups is 3. The normalized spacial score (nSPS) is 26.1. The van der Waals surface area contributed by atoms with Crippen molar-refractivity contribution >= 4 is 30.3 Å². The molecule has 1 spiro atoms.